The molecule has 2 aromatic heterocycles. The summed E-state index contributed by atoms with van der Waals surface area (Å²) < 4.78 is 6.10. The van der Waals surface area contributed by atoms with Gasteiger partial charge in [-0.1, -0.05) is 29.8 Å². The lowest BCUT2D eigenvalue weighted by atomic mass is 10.0. The molecule has 0 bridgehead atoms. The maximum absolute atomic E-state index is 6.66. The number of para-hydroxylation sites is 1. The van der Waals surface area contributed by atoms with Gasteiger partial charge >= 0.3 is 0 Å². The lowest BCUT2D eigenvalue weighted by Crippen LogP contribution is -2.39. The minimum Gasteiger partial charge on any atom is -0.456 e. The van der Waals surface area contributed by atoms with Crippen molar-refractivity contribution in [3.05, 3.63) is 59.2 Å². The molecule has 5 rings (SSSR count). The number of nitrogen functional groups attached to an aromatic ring is 1. The van der Waals surface area contributed by atoms with Crippen molar-refractivity contribution >= 4 is 39.2 Å². The van der Waals surface area contributed by atoms with E-state index < -0.39 is 0 Å². The molecule has 0 amide bonds. The Balaban J connectivity index is 1.60. The highest BCUT2D eigenvalue weighted by Gasteiger charge is 2.19. The number of likely N-dealkylation sites (tertiary alicyclic amines) is 1. The number of anilines is 1. The maximum Gasteiger partial charge on any atom is 0.137 e. The van der Waals surface area contributed by atoms with Gasteiger partial charge in [0.2, 0.25) is 0 Å². The number of piperidine rings is 1. The van der Waals surface area contributed by atoms with Crippen LogP contribution in [-0.2, 0) is 6.54 Å². The number of pyridine rings is 1. The van der Waals surface area contributed by atoms with Crippen LogP contribution in [0, 0.1) is 0 Å². The van der Waals surface area contributed by atoms with Gasteiger partial charge in [0, 0.05) is 35.1 Å². The highest BCUT2D eigenvalue weighted by Crippen LogP contribution is 2.38. The molecule has 0 atom stereocenters. The summed E-state index contributed by atoms with van der Waals surface area (Å²) in [6, 6.07) is 14.5. The first-order valence-corrected chi connectivity index (χ1v) is 10.3. The van der Waals surface area contributed by atoms with E-state index in [1.165, 1.54) is 0 Å². The highest BCUT2D eigenvalue weighted by atomic mass is 35.5. The van der Waals surface area contributed by atoms with Crippen LogP contribution in [0.3, 0.4) is 0 Å². The average molecular weight is 407 g/mol. The molecule has 4 N–H and O–H groups in total. The zero-order valence-electron chi connectivity index (χ0n) is 16.1. The average Bonchev–Trinajstić information content (AvgIpc) is 3.13. The number of nitrogens with zero attached hydrogens (tertiary/aromatic N) is 2. The van der Waals surface area contributed by atoms with Crippen LogP contribution in [0.15, 0.2) is 53.1 Å². The topological polar surface area (TPSA) is 81.3 Å². The van der Waals surface area contributed by atoms with Crippen molar-refractivity contribution in [2.75, 3.05) is 18.8 Å². The van der Waals surface area contributed by atoms with Gasteiger partial charge in [0.25, 0.3) is 0 Å². The number of halogens is 1. The molecule has 5 nitrogen and oxygen atoms in total. The van der Waals surface area contributed by atoms with Gasteiger partial charge in [-0.05, 0) is 61.1 Å². The lowest BCUT2D eigenvalue weighted by Gasteiger charge is -2.30. The minimum absolute atomic E-state index is 0.317. The van der Waals surface area contributed by atoms with Gasteiger partial charge in [0.05, 0.1) is 5.02 Å². The van der Waals surface area contributed by atoms with Crippen molar-refractivity contribution in [1.82, 2.24) is 9.88 Å². The molecule has 1 fully saturated rings. The molecule has 0 unspecified atom stereocenters. The van der Waals surface area contributed by atoms with Crippen LogP contribution >= 0.6 is 11.6 Å². The van der Waals surface area contributed by atoms with Crippen molar-refractivity contribution in [2.24, 2.45) is 5.73 Å². The zero-order valence-corrected chi connectivity index (χ0v) is 16.8. The highest BCUT2D eigenvalue weighted by molar-refractivity contribution is 6.37. The van der Waals surface area contributed by atoms with Crippen molar-refractivity contribution in [2.45, 2.75) is 25.4 Å². The molecule has 1 aliphatic rings. The molecule has 3 heterocycles. The fourth-order valence-electron chi connectivity index (χ4n) is 4.18. The summed E-state index contributed by atoms with van der Waals surface area (Å²) in [7, 11) is 0. The van der Waals surface area contributed by atoms with E-state index in [0.29, 0.717) is 16.9 Å². The summed E-state index contributed by atoms with van der Waals surface area (Å²) in [4.78, 5) is 6.80. The third-order valence-electron chi connectivity index (χ3n) is 5.76. The molecule has 0 spiro atoms. The van der Waals surface area contributed by atoms with Gasteiger partial charge in [0.15, 0.2) is 0 Å². The molecule has 0 radical (unpaired) electrons. The third kappa shape index (κ3) is 3.46. The molecule has 0 aliphatic carbocycles. The Morgan fingerprint density at radius 3 is 2.72 bits per heavy atom. The second-order valence-electron chi connectivity index (χ2n) is 7.82. The fourth-order valence-corrected chi connectivity index (χ4v) is 4.51. The van der Waals surface area contributed by atoms with E-state index in [4.69, 9.17) is 27.5 Å². The first-order chi connectivity index (χ1) is 14.1. The molecule has 29 heavy (non-hydrogen) atoms. The number of nitrogens with two attached hydrogens (primary N) is 2. The smallest absolute Gasteiger partial charge is 0.137 e. The normalized spacial score (nSPS) is 16.1. The number of benzene rings is 2. The Labute approximate surface area is 174 Å². The lowest BCUT2D eigenvalue weighted by molar-refractivity contribution is 0.206. The second-order valence-corrected chi connectivity index (χ2v) is 8.23. The van der Waals surface area contributed by atoms with E-state index >= 15 is 0 Å². The van der Waals surface area contributed by atoms with Gasteiger partial charge in [-0.2, -0.15) is 0 Å². The fraction of sp³-hybridized carbons (Fsp3) is 0.261. The van der Waals surface area contributed by atoms with Gasteiger partial charge < -0.3 is 15.9 Å². The molecule has 0 saturated carbocycles. The van der Waals surface area contributed by atoms with Gasteiger partial charge in [-0.15, -0.1) is 0 Å². The molecular weight excluding hydrogens is 384 g/mol. The molecule has 2 aromatic carbocycles. The summed E-state index contributed by atoms with van der Waals surface area (Å²) in [6.45, 7) is 2.85. The van der Waals surface area contributed by atoms with Crippen molar-refractivity contribution in [3.8, 4) is 11.3 Å². The third-order valence-corrected chi connectivity index (χ3v) is 6.06. The van der Waals surface area contributed by atoms with E-state index in [0.717, 1.165) is 71.1 Å². The molecule has 6 heteroatoms. The number of hydrogen-bond donors (Lipinski definition) is 2. The van der Waals surface area contributed by atoms with Crippen LogP contribution < -0.4 is 11.5 Å². The van der Waals surface area contributed by atoms with Gasteiger partial charge in [0.1, 0.15) is 17.2 Å². The van der Waals surface area contributed by atoms with E-state index in [2.05, 4.69) is 16.0 Å². The van der Waals surface area contributed by atoms with Crippen LogP contribution in [0.2, 0.25) is 5.02 Å². The number of hydrogen-bond acceptors (Lipinski definition) is 5. The standard InChI is InChI=1S/C23H23ClN4O/c24-19-10-14(13-28-7-5-16(25)6-8-28)9-17-18(12-27-23(26)22(17)19)21-11-15-3-1-2-4-20(15)29-21/h1-4,9-12,16H,5-8,13,25H2,(H2,26,27). The van der Waals surface area contributed by atoms with Crippen LogP contribution in [-0.4, -0.2) is 29.0 Å². The predicted molar refractivity (Wildman–Crippen MR) is 119 cm³/mol. The number of rotatable bonds is 3. The van der Waals surface area contributed by atoms with Gasteiger partial charge in [-0.25, -0.2) is 4.98 Å². The Hall–Kier alpha value is -2.60. The predicted octanol–water partition coefficient (Wildman–Crippen LogP) is 4.81. The van der Waals surface area contributed by atoms with Crippen LogP contribution in [0.5, 0.6) is 0 Å². The summed E-state index contributed by atoms with van der Waals surface area (Å²) in [5.41, 5.74) is 15.1. The molecular formula is C23H23ClN4O. The van der Waals surface area contributed by atoms with E-state index in [1.807, 2.05) is 36.4 Å². The molecule has 4 aromatic rings. The Bertz CT molecular complexity index is 1160. The second kappa shape index (κ2) is 7.34. The van der Waals surface area contributed by atoms with Crippen LogP contribution in [0.1, 0.15) is 18.4 Å². The molecule has 148 valence electrons. The van der Waals surface area contributed by atoms with Gasteiger partial charge in [-0.3, -0.25) is 4.90 Å². The van der Waals surface area contributed by atoms with E-state index in [9.17, 15) is 0 Å². The monoisotopic (exact) mass is 406 g/mol. The Morgan fingerprint density at radius 1 is 1.14 bits per heavy atom. The largest absolute Gasteiger partial charge is 0.456 e. The van der Waals surface area contributed by atoms with Crippen molar-refractivity contribution < 1.29 is 4.42 Å². The number of aromatic nitrogens is 1. The van der Waals surface area contributed by atoms with Crippen LogP contribution in [0.4, 0.5) is 5.82 Å². The Morgan fingerprint density at radius 2 is 1.93 bits per heavy atom. The van der Waals surface area contributed by atoms with E-state index in [-0.39, 0.29) is 0 Å². The summed E-state index contributed by atoms with van der Waals surface area (Å²) >= 11 is 6.66. The summed E-state index contributed by atoms with van der Waals surface area (Å²) in [5, 5.41) is 3.41. The summed E-state index contributed by atoms with van der Waals surface area (Å²) in [6.07, 6.45) is 3.83. The van der Waals surface area contributed by atoms with Crippen LogP contribution in [0.25, 0.3) is 33.1 Å². The number of fused-ring (bicyclic) bond motifs is 2. The molecule has 1 saturated heterocycles. The van der Waals surface area contributed by atoms with Crippen molar-refractivity contribution in [3.63, 3.8) is 0 Å². The SMILES string of the molecule is Nc1ncc(-c2cc3ccccc3o2)c2cc(CN3CCC(N)CC3)cc(Cl)c12. The number of furan rings is 1. The quantitative estimate of drug-likeness (QED) is 0.510. The zero-order chi connectivity index (χ0) is 20.0. The Kier molecular flexibility index (Phi) is 4.66. The maximum atomic E-state index is 6.66. The first-order valence-electron chi connectivity index (χ1n) is 9.92. The molecule has 1 aliphatic heterocycles. The van der Waals surface area contributed by atoms with Crippen molar-refractivity contribution in [1.29, 1.82) is 0 Å². The summed E-state index contributed by atoms with van der Waals surface area (Å²) in [5.74, 6) is 1.20. The van der Waals surface area contributed by atoms with E-state index in [1.54, 1.807) is 6.20 Å². The first kappa shape index (κ1) is 18.4. The minimum atomic E-state index is 0.317.